The van der Waals surface area contributed by atoms with Crippen molar-refractivity contribution >= 4 is 55.1 Å². The highest BCUT2D eigenvalue weighted by atomic mass is 79.9. The number of amides is 1. The van der Waals surface area contributed by atoms with E-state index >= 15 is 0 Å². The van der Waals surface area contributed by atoms with Gasteiger partial charge in [-0.15, -0.1) is 0 Å². The van der Waals surface area contributed by atoms with Crippen LogP contribution in [0.4, 0.5) is 5.69 Å². The average Bonchev–Trinajstić information content (AvgIpc) is 2.22. The van der Waals surface area contributed by atoms with Crippen LogP contribution in [0.15, 0.2) is 21.1 Å². The van der Waals surface area contributed by atoms with Gasteiger partial charge in [0.15, 0.2) is 0 Å². The highest BCUT2D eigenvalue weighted by Gasteiger charge is 2.26. The highest BCUT2D eigenvalue weighted by Crippen LogP contribution is 2.35. The summed E-state index contributed by atoms with van der Waals surface area (Å²) in [5, 5.41) is 3.41. The molecule has 3 nitrogen and oxygen atoms in total. The maximum atomic E-state index is 12.0. The molecule has 0 saturated carbocycles. The lowest BCUT2D eigenvalue weighted by Crippen LogP contribution is -2.37. The van der Waals surface area contributed by atoms with Crippen molar-refractivity contribution in [1.29, 1.82) is 0 Å². The lowest BCUT2D eigenvalue weighted by atomic mass is 9.92. The molecule has 94 valence electrons. The molecule has 0 fully saturated rings. The molecule has 1 amide bonds. The number of nitrogens with two attached hydrogens (primary N) is 1. The van der Waals surface area contributed by atoms with E-state index in [1.807, 2.05) is 0 Å². The molecule has 0 bridgehead atoms. The van der Waals surface area contributed by atoms with E-state index < -0.39 is 5.41 Å². The van der Waals surface area contributed by atoms with Crippen molar-refractivity contribution in [2.75, 3.05) is 11.9 Å². The van der Waals surface area contributed by atoms with Crippen molar-refractivity contribution in [3.63, 3.8) is 0 Å². The van der Waals surface area contributed by atoms with Crippen molar-refractivity contribution in [2.45, 2.75) is 13.8 Å². The van der Waals surface area contributed by atoms with Crippen molar-refractivity contribution < 1.29 is 4.79 Å². The summed E-state index contributed by atoms with van der Waals surface area (Å²) in [4.78, 5) is 12.0. The van der Waals surface area contributed by atoms with E-state index in [4.69, 9.17) is 17.3 Å². The first-order valence-corrected chi connectivity index (χ1v) is 6.90. The van der Waals surface area contributed by atoms with Crippen LogP contribution in [0.2, 0.25) is 5.02 Å². The molecule has 0 aliphatic carbocycles. The van der Waals surface area contributed by atoms with Crippen LogP contribution in [-0.2, 0) is 4.79 Å². The number of nitrogens with one attached hydrogen (secondary N) is 1. The van der Waals surface area contributed by atoms with Crippen LogP contribution in [0.25, 0.3) is 0 Å². The van der Waals surface area contributed by atoms with Gasteiger partial charge in [0.1, 0.15) is 0 Å². The Kier molecular flexibility index (Phi) is 5.01. The Morgan fingerprint density at radius 2 is 1.88 bits per heavy atom. The topological polar surface area (TPSA) is 55.1 Å². The SMILES string of the molecule is CC(C)(CN)C(=O)Nc1c(Br)cc(Cl)cc1Br. The second kappa shape index (κ2) is 5.69. The van der Waals surface area contributed by atoms with E-state index in [1.165, 1.54) is 0 Å². The standard InChI is InChI=1S/C11H13Br2ClN2O/c1-11(2,5-15)10(17)16-9-7(12)3-6(14)4-8(9)13/h3-4H,5,15H2,1-2H3,(H,16,17). The Hall–Kier alpha value is -0.100. The van der Waals surface area contributed by atoms with Gasteiger partial charge in [0.2, 0.25) is 5.91 Å². The zero-order chi connectivity index (χ0) is 13.2. The lowest BCUT2D eigenvalue weighted by Gasteiger charge is -2.22. The number of carbonyl (C=O) groups excluding carboxylic acids is 1. The van der Waals surface area contributed by atoms with Crippen LogP contribution in [-0.4, -0.2) is 12.5 Å². The summed E-state index contributed by atoms with van der Waals surface area (Å²) in [5.41, 5.74) is 5.60. The van der Waals surface area contributed by atoms with Crippen LogP contribution >= 0.6 is 43.5 Å². The van der Waals surface area contributed by atoms with E-state index in [9.17, 15) is 4.79 Å². The minimum atomic E-state index is -0.613. The first-order valence-electron chi connectivity index (χ1n) is 4.94. The summed E-state index contributed by atoms with van der Waals surface area (Å²) in [6.07, 6.45) is 0. The highest BCUT2D eigenvalue weighted by molar-refractivity contribution is 9.11. The average molecular weight is 384 g/mol. The summed E-state index contributed by atoms with van der Waals surface area (Å²) >= 11 is 12.6. The number of hydrogen-bond acceptors (Lipinski definition) is 2. The molecule has 3 N–H and O–H groups in total. The number of hydrogen-bond donors (Lipinski definition) is 2. The molecule has 0 aliphatic heterocycles. The summed E-state index contributed by atoms with van der Waals surface area (Å²) in [6, 6.07) is 3.44. The fraction of sp³-hybridized carbons (Fsp3) is 0.364. The van der Waals surface area contributed by atoms with Crippen molar-refractivity contribution in [1.82, 2.24) is 0 Å². The first-order chi connectivity index (χ1) is 7.77. The summed E-state index contributed by atoms with van der Waals surface area (Å²) in [7, 11) is 0. The molecular weight excluding hydrogens is 371 g/mol. The first kappa shape index (κ1) is 15.0. The lowest BCUT2D eigenvalue weighted by molar-refractivity contribution is -0.123. The van der Waals surface area contributed by atoms with Crippen LogP contribution in [0, 0.1) is 5.41 Å². The largest absolute Gasteiger partial charge is 0.329 e. The molecule has 17 heavy (non-hydrogen) atoms. The minimum absolute atomic E-state index is 0.135. The normalized spacial score (nSPS) is 11.4. The van der Waals surface area contributed by atoms with Gasteiger partial charge in [-0.25, -0.2) is 0 Å². The molecule has 0 aromatic heterocycles. The van der Waals surface area contributed by atoms with E-state index in [0.29, 0.717) is 10.7 Å². The second-order valence-electron chi connectivity index (χ2n) is 4.29. The summed E-state index contributed by atoms with van der Waals surface area (Å²) in [5.74, 6) is -0.135. The molecule has 0 radical (unpaired) electrons. The Morgan fingerprint density at radius 1 is 1.41 bits per heavy atom. The number of halogens is 3. The monoisotopic (exact) mass is 382 g/mol. The maximum Gasteiger partial charge on any atom is 0.231 e. The van der Waals surface area contributed by atoms with Gasteiger partial charge in [-0.05, 0) is 57.8 Å². The Morgan fingerprint density at radius 3 is 2.29 bits per heavy atom. The number of benzene rings is 1. The van der Waals surface area contributed by atoms with Gasteiger partial charge >= 0.3 is 0 Å². The van der Waals surface area contributed by atoms with Crippen molar-refractivity contribution in [3.8, 4) is 0 Å². The molecule has 1 aromatic rings. The van der Waals surface area contributed by atoms with Crippen molar-refractivity contribution in [2.24, 2.45) is 11.1 Å². The Bertz CT molecular complexity index is 426. The quantitative estimate of drug-likeness (QED) is 0.833. The molecule has 0 spiro atoms. The zero-order valence-corrected chi connectivity index (χ0v) is 13.4. The van der Waals surface area contributed by atoms with Gasteiger partial charge in [0.05, 0.1) is 11.1 Å². The molecule has 0 aliphatic rings. The third-order valence-corrected chi connectivity index (χ3v) is 3.84. The van der Waals surface area contributed by atoms with Crippen LogP contribution in [0.1, 0.15) is 13.8 Å². The van der Waals surface area contributed by atoms with Gasteiger partial charge in [0, 0.05) is 20.5 Å². The molecule has 1 aromatic carbocycles. The Balaban J connectivity index is 3.01. The minimum Gasteiger partial charge on any atom is -0.329 e. The number of anilines is 1. The van der Waals surface area contributed by atoms with E-state index in [1.54, 1.807) is 26.0 Å². The summed E-state index contributed by atoms with van der Waals surface area (Å²) in [6.45, 7) is 3.86. The molecule has 1 rings (SSSR count). The van der Waals surface area contributed by atoms with E-state index in [-0.39, 0.29) is 12.5 Å². The molecule has 6 heteroatoms. The zero-order valence-electron chi connectivity index (χ0n) is 9.48. The maximum absolute atomic E-state index is 12.0. The Labute approximate surface area is 122 Å². The third-order valence-electron chi connectivity index (χ3n) is 2.37. The fourth-order valence-electron chi connectivity index (χ4n) is 1.04. The summed E-state index contributed by atoms with van der Waals surface area (Å²) < 4.78 is 1.44. The molecule has 0 unspecified atom stereocenters. The van der Waals surface area contributed by atoms with Gasteiger partial charge < -0.3 is 11.1 Å². The van der Waals surface area contributed by atoms with Crippen molar-refractivity contribution in [3.05, 3.63) is 26.1 Å². The predicted octanol–water partition coefficient (Wildman–Crippen LogP) is 3.79. The predicted molar refractivity (Wildman–Crippen MR) is 78.3 cm³/mol. The van der Waals surface area contributed by atoms with Gasteiger partial charge in [0.25, 0.3) is 0 Å². The molecule has 0 atom stereocenters. The van der Waals surface area contributed by atoms with Crippen LogP contribution in [0.3, 0.4) is 0 Å². The number of carbonyl (C=O) groups is 1. The van der Waals surface area contributed by atoms with Crippen LogP contribution in [0.5, 0.6) is 0 Å². The second-order valence-corrected chi connectivity index (χ2v) is 6.43. The smallest absolute Gasteiger partial charge is 0.231 e. The van der Waals surface area contributed by atoms with Gasteiger partial charge in [-0.1, -0.05) is 11.6 Å². The number of rotatable bonds is 3. The fourth-order valence-corrected chi connectivity index (χ4v) is 2.90. The molecular formula is C11H13Br2ClN2O. The van der Waals surface area contributed by atoms with Gasteiger partial charge in [-0.3, -0.25) is 4.79 Å². The third kappa shape index (κ3) is 3.68. The van der Waals surface area contributed by atoms with Crippen LogP contribution < -0.4 is 11.1 Å². The molecule has 0 heterocycles. The molecule has 0 saturated heterocycles. The van der Waals surface area contributed by atoms with Gasteiger partial charge in [-0.2, -0.15) is 0 Å². The van der Waals surface area contributed by atoms with E-state index in [2.05, 4.69) is 37.2 Å². The van der Waals surface area contributed by atoms with E-state index in [0.717, 1.165) is 8.95 Å².